The van der Waals surface area contributed by atoms with E-state index in [0.717, 1.165) is 18.7 Å². The van der Waals surface area contributed by atoms with Gasteiger partial charge in [0, 0.05) is 6.42 Å². The standard InChI is InChI=1S/C5H8N3/c1-2-3-5-6-4-7-8-5/h4H,2-3H2,1H3. The van der Waals surface area contributed by atoms with Crippen LogP contribution in [0.5, 0.6) is 0 Å². The van der Waals surface area contributed by atoms with E-state index in [-0.39, 0.29) is 0 Å². The zero-order valence-electron chi connectivity index (χ0n) is 4.83. The Morgan fingerprint density at radius 2 is 2.50 bits per heavy atom. The summed E-state index contributed by atoms with van der Waals surface area (Å²) in [5.41, 5.74) is 3.74. The number of aliphatic imine (C=N–C) groups is 1. The van der Waals surface area contributed by atoms with E-state index in [0.29, 0.717) is 0 Å². The van der Waals surface area contributed by atoms with Crippen LogP contribution in [-0.2, 0) is 0 Å². The third-order valence-corrected chi connectivity index (χ3v) is 0.905. The van der Waals surface area contributed by atoms with Crippen molar-refractivity contribution in [1.82, 2.24) is 5.43 Å². The molecule has 1 heterocycles. The fraction of sp³-hybridized carbons (Fsp3) is 0.600. The van der Waals surface area contributed by atoms with Crippen LogP contribution in [0.3, 0.4) is 0 Å². The summed E-state index contributed by atoms with van der Waals surface area (Å²) in [6.07, 6.45) is 3.51. The Labute approximate surface area is 48.5 Å². The van der Waals surface area contributed by atoms with E-state index < -0.39 is 0 Å². The minimum absolute atomic E-state index is 0.854. The summed E-state index contributed by atoms with van der Waals surface area (Å²) in [5, 5.41) is 3.58. The van der Waals surface area contributed by atoms with E-state index in [9.17, 15) is 0 Å². The molecule has 1 aliphatic rings. The maximum atomic E-state index is 3.88. The summed E-state index contributed by atoms with van der Waals surface area (Å²) in [6.45, 7) is 2.09. The van der Waals surface area contributed by atoms with Gasteiger partial charge in [-0.25, -0.2) is 4.99 Å². The SMILES string of the molecule is CCCC1=NC=N[N]1. The third-order valence-electron chi connectivity index (χ3n) is 0.905. The lowest BCUT2D eigenvalue weighted by Crippen LogP contribution is -2.03. The van der Waals surface area contributed by atoms with Gasteiger partial charge in [0.2, 0.25) is 0 Å². The highest BCUT2D eigenvalue weighted by molar-refractivity contribution is 5.91. The summed E-state index contributed by atoms with van der Waals surface area (Å²) >= 11 is 0. The van der Waals surface area contributed by atoms with Crippen molar-refractivity contribution >= 4 is 12.2 Å². The molecule has 0 aromatic rings. The average Bonchev–Trinajstić information content (AvgIpc) is 2.19. The molecule has 0 N–H and O–H groups in total. The summed E-state index contributed by atoms with van der Waals surface area (Å²) < 4.78 is 0. The van der Waals surface area contributed by atoms with Crippen LogP contribution in [-0.4, -0.2) is 12.2 Å². The van der Waals surface area contributed by atoms with Crippen molar-refractivity contribution in [3.05, 3.63) is 0 Å². The Hall–Kier alpha value is -0.860. The van der Waals surface area contributed by atoms with Gasteiger partial charge >= 0.3 is 0 Å². The van der Waals surface area contributed by atoms with Gasteiger partial charge in [-0.2, -0.15) is 0 Å². The van der Waals surface area contributed by atoms with Gasteiger partial charge in [-0.05, 0) is 6.42 Å². The number of hydrogen-bond donors (Lipinski definition) is 0. The Bertz CT molecular complexity index is 126. The second kappa shape index (κ2) is 2.45. The summed E-state index contributed by atoms with van der Waals surface area (Å²) in [5.74, 6) is 0.854. The first-order valence-electron chi connectivity index (χ1n) is 2.72. The molecule has 3 heteroatoms. The van der Waals surface area contributed by atoms with Crippen molar-refractivity contribution in [1.29, 1.82) is 0 Å². The van der Waals surface area contributed by atoms with Crippen LogP contribution in [0.1, 0.15) is 19.8 Å². The first-order valence-corrected chi connectivity index (χ1v) is 2.72. The Kier molecular flexibility index (Phi) is 1.62. The molecule has 0 atom stereocenters. The van der Waals surface area contributed by atoms with Crippen molar-refractivity contribution in [2.45, 2.75) is 19.8 Å². The largest absolute Gasteiger partial charge is 0.218 e. The lowest BCUT2D eigenvalue weighted by Gasteiger charge is -1.89. The second-order valence-electron chi connectivity index (χ2n) is 1.63. The predicted molar refractivity (Wildman–Crippen MR) is 33.0 cm³/mol. The molecular formula is C5H8N3. The van der Waals surface area contributed by atoms with Gasteiger partial charge < -0.3 is 0 Å². The maximum Gasteiger partial charge on any atom is 0.152 e. The van der Waals surface area contributed by atoms with Gasteiger partial charge in [0.1, 0.15) is 6.34 Å². The smallest absolute Gasteiger partial charge is 0.152 e. The Balaban J connectivity index is 2.28. The van der Waals surface area contributed by atoms with Crippen LogP contribution in [0.15, 0.2) is 10.1 Å². The summed E-state index contributed by atoms with van der Waals surface area (Å²) in [7, 11) is 0. The van der Waals surface area contributed by atoms with Crippen molar-refractivity contribution in [2.75, 3.05) is 0 Å². The zero-order valence-corrected chi connectivity index (χ0v) is 4.83. The van der Waals surface area contributed by atoms with Crippen LogP contribution in [0.2, 0.25) is 0 Å². The monoisotopic (exact) mass is 110 g/mol. The molecule has 0 saturated carbocycles. The molecular weight excluding hydrogens is 102 g/mol. The van der Waals surface area contributed by atoms with E-state index in [1.807, 2.05) is 0 Å². The molecule has 0 amide bonds. The molecule has 0 aromatic heterocycles. The molecule has 8 heavy (non-hydrogen) atoms. The average molecular weight is 110 g/mol. The number of hydrogen-bond acceptors (Lipinski definition) is 2. The number of amidine groups is 1. The van der Waals surface area contributed by atoms with Gasteiger partial charge in [0.05, 0.1) is 0 Å². The van der Waals surface area contributed by atoms with E-state index in [4.69, 9.17) is 0 Å². The molecule has 0 fully saturated rings. The van der Waals surface area contributed by atoms with Gasteiger partial charge in [0.15, 0.2) is 5.84 Å². The molecule has 0 unspecified atom stereocenters. The van der Waals surface area contributed by atoms with Crippen molar-refractivity contribution < 1.29 is 0 Å². The van der Waals surface area contributed by atoms with Crippen molar-refractivity contribution in [3.8, 4) is 0 Å². The predicted octanol–water partition coefficient (Wildman–Crippen LogP) is 0.746. The molecule has 1 aliphatic heterocycles. The molecule has 0 saturated heterocycles. The minimum atomic E-state index is 0.854. The van der Waals surface area contributed by atoms with E-state index in [2.05, 4.69) is 22.4 Å². The minimum Gasteiger partial charge on any atom is -0.218 e. The topological polar surface area (TPSA) is 38.8 Å². The van der Waals surface area contributed by atoms with Crippen molar-refractivity contribution in [2.24, 2.45) is 10.1 Å². The summed E-state index contributed by atoms with van der Waals surface area (Å²) in [6, 6.07) is 0. The first kappa shape index (κ1) is 5.28. The number of rotatable bonds is 2. The van der Waals surface area contributed by atoms with Crippen LogP contribution >= 0.6 is 0 Å². The molecule has 1 radical (unpaired) electrons. The number of nitrogens with zero attached hydrogens (tertiary/aromatic N) is 3. The molecule has 0 aromatic carbocycles. The Morgan fingerprint density at radius 1 is 1.62 bits per heavy atom. The van der Waals surface area contributed by atoms with Gasteiger partial charge in [-0.15, -0.1) is 10.5 Å². The van der Waals surface area contributed by atoms with Gasteiger partial charge in [-0.3, -0.25) is 0 Å². The van der Waals surface area contributed by atoms with Gasteiger partial charge in [0.25, 0.3) is 0 Å². The Morgan fingerprint density at radius 3 is 3.00 bits per heavy atom. The maximum absolute atomic E-state index is 3.88. The van der Waals surface area contributed by atoms with Crippen LogP contribution in [0.4, 0.5) is 0 Å². The van der Waals surface area contributed by atoms with Crippen LogP contribution < -0.4 is 5.43 Å². The first-order chi connectivity index (χ1) is 3.93. The highest BCUT2D eigenvalue weighted by atomic mass is 15.4. The van der Waals surface area contributed by atoms with Crippen LogP contribution in [0, 0.1) is 0 Å². The third kappa shape index (κ3) is 1.05. The fourth-order valence-electron chi connectivity index (χ4n) is 0.549. The molecule has 0 spiro atoms. The quantitative estimate of drug-likeness (QED) is 0.503. The fourth-order valence-corrected chi connectivity index (χ4v) is 0.549. The second-order valence-corrected chi connectivity index (χ2v) is 1.63. The molecule has 1 rings (SSSR count). The van der Waals surface area contributed by atoms with Crippen molar-refractivity contribution in [3.63, 3.8) is 0 Å². The van der Waals surface area contributed by atoms with E-state index in [1.165, 1.54) is 6.34 Å². The molecule has 43 valence electrons. The molecule has 3 nitrogen and oxygen atoms in total. The highest BCUT2D eigenvalue weighted by Crippen LogP contribution is 1.93. The van der Waals surface area contributed by atoms with E-state index in [1.54, 1.807) is 0 Å². The zero-order chi connectivity index (χ0) is 5.82. The van der Waals surface area contributed by atoms with Gasteiger partial charge in [-0.1, -0.05) is 6.92 Å². The highest BCUT2D eigenvalue weighted by Gasteiger charge is 1.99. The normalized spacial score (nSPS) is 15.9. The molecule has 0 aliphatic carbocycles. The lowest BCUT2D eigenvalue weighted by atomic mass is 10.3. The lowest BCUT2D eigenvalue weighted by molar-refractivity contribution is 0.921. The van der Waals surface area contributed by atoms with E-state index >= 15 is 0 Å². The summed E-state index contributed by atoms with van der Waals surface area (Å²) in [4.78, 5) is 3.88. The molecule has 0 bridgehead atoms. The van der Waals surface area contributed by atoms with Crippen LogP contribution in [0.25, 0.3) is 0 Å².